The quantitative estimate of drug-likeness (QED) is 0.832. The third-order valence-corrected chi connectivity index (χ3v) is 4.12. The molecule has 0 atom stereocenters. The van der Waals surface area contributed by atoms with E-state index in [1.807, 2.05) is 40.6 Å². The Kier molecular flexibility index (Phi) is 5.22. The lowest BCUT2D eigenvalue weighted by Gasteiger charge is -2.22. The number of rotatable bonds is 6. The van der Waals surface area contributed by atoms with E-state index in [4.69, 9.17) is 10.5 Å². The largest absolute Gasteiger partial charge is 0.495 e. The Morgan fingerprint density at radius 3 is 2.76 bits per heavy atom. The molecule has 4 nitrogen and oxygen atoms in total. The maximum Gasteiger partial charge on any atom is 0.268 e. The molecule has 2 N–H and O–H groups in total. The molecule has 0 spiro atoms. The molecule has 21 heavy (non-hydrogen) atoms. The van der Waals surface area contributed by atoms with Gasteiger partial charge in [0.25, 0.3) is 5.91 Å². The summed E-state index contributed by atoms with van der Waals surface area (Å²) in [6.07, 6.45) is 0.895. The predicted molar refractivity (Wildman–Crippen MR) is 86.8 cm³/mol. The molecule has 1 aromatic heterocycles. The smallest absolute Gasteiger partial charge is 0.268 e. The molecule has 0 bridgehead atoms. The summed E-state index contributed by atoms with van der Waals surface area (Å²) in [4.78, 5) is 15.2. The maximum absolute atomic E-state index is 12.7. The zero-order chi connectivity index (χ0) is 15.2. The Balaban J connectivity index is 2.23. The first-order chi connectivity index (χ1) is 10.2. The van der Waals surface area contributed by atoms with Gasteiger partial charge in [-0.1, -0.05) is 25.1 Å². The van der Waals surface area contributed by atoms with Crippen LogP contribution in [0.4, 0.5) is 5.69 Å². The average molecular weight is 304 g/mol. The normalized spacial score (nSPS) is 10.4. The molecule has 0 unspecified atom stereocenters. The van der Waals surface area contributed by atoms with Crippen LogP contribution in [0.2, 0.25) is 0 Å². The summed E-state index contributed by atoms with van der Waals surface area (Å²) < 4.78 is 5.25. The van der Waals surface area contributed by atoms with Crippen LogP contribution in [0, 0.1) is 0 Å². The Hall–Kier alpha value is -2.01. The van der Waals surface area contributed by atoms with Gasteiger partial charge in [0, 0.05) is 18.8 Å². The van der Waals surface area contributed by atoms with Crippen LogP contribution in [-0.2, 0) is 6.54 Å². The van der Waals surface area contributed by atoms with Gasteiger partial charge >= 0.3 is 0 Å². The number of ether oxygens (including phenoxy) is 1. The van der Waals surface area contributed by atoms with Gasteiger partial charge in [-0.25, -0.2) is 0 Å². The number of anilines is 1. The molecule has 112 valence electrons. The number of carbonyl (C=O) groups excluding carboxylic acids is 1. The van der Waals surface area contributed by atoms with Gasteiger partial charge in [0.15, 0.2) is 0 Å². The van der Waals surface area contributed by atoms with Crippen molar-refractivity contribution in [3.05, 3.63) is 46.2 Å². The van der Waals surface area contributed by atoms with Crippen LogP contribution in [0.3, 0.4) is 0 Å². The summed E-state index contributed by atoms with van der Waals surface area (Å²) in [6.45, 7) is 3.26. The molecule has 0 fully saturated rings. The van der Waals surface area contributed by atoms with Crippen LogP contribution in [0.5, 0.6) is 5.75 Å². The first-order valence-corrected chi connectivity index (χ1v) is 7.79. The van der Waals surface area contributed by atoms with Crippen molar-refractivity contribution in [2.24, 2.45) is 0 Å². The molecular formula is C16H20N2O2S. The van der Waals surface area contributed by atoms with E-state index in [9.17, 15) is 4.79 Å². The highest BCUT2D eigenvalue weighted by Gasteiger charge is 2.21. The molecule has 0 saturated heterocycles. The van der Waals surface area contributed by atoms with Crippen molar-refractivity contribution < 1.29 is 9.53 Å². The van der Waals surface area contributed by atoms with Crippen molar-refractivity contribution in [1.82, 2.24) is 4.90 Å². The molecule has 0 aliphatic rings. The molecular weight excluding hydrogens is 284 g/mol. The number of nitrogen functional groups attached to an aromatic ring is 1. The number of hydrogen-bond donors (Lipinski definition) is 1. The number of amides is 1. The van der Waals surface area contributed by atoms with E-state index in [0.717, 1.165) is 12.0 Å². The van der Waals surface area contributed by atoms with Crippen LogP contribution in [0.1, 0.15) is 28.6 Å². The van der Waals surface area contributed by atoms with Crippen molar-refractivity contribution in [3.63, 3.8) is 0 Å². The molecule has 1 aromatic carbocycles. The summed E-state index contributed by atoms with van der Waals surface area (Å²) in [5, 5.41) is 1.87. The monoisotopic (exact) mass is 304 g/mol. The molecule has 0 aliphatic carbocycles. The Morgan fingerprint density at radius 2 is 2.10 bits per heavy atom. The maximum atomic E-state index is 12.7. The van der Waals surface area contributed by atoms with Crippen LogP contribution >= 0.6 is 11.3 Å². The van der Waals surface area contributed by atoms with Crippen molar-refractivity contribution in [1.29, 1.82) is 0 Å². The topological polar surface area (TPSA) is 55.6 Å². The molecule has 1 heterocycles. The standard InChI is InChI=1S/C16H20N2O2S/c1-3-9-18(11-12-6-4-5-7-13(12)17)16(19)15-14(20-2)8-10-21-15/h4-8,10H,3,9,11,17H2,1-2H3. The molecule has 1 amide bonds. The minimum atomic E-state index is -0.00745. The summed E-state index contributed by atoms with van der Waals surface area (Å²) in [6, 6.07) is 9.46. The first kappa shape index (κ1) is 15.4. The van der Waals surface area contributed by atoms with Gasteiger partial charge in [0.1, 0.15) is 10.6 Å². The lowest BCUT2D eigenvalue weighted by Crippen LogP contribution is -2.31. The molecule has 0 radical (unpaired) electrons. The van der Waals surface area contributed by atoms with Gasteiger partial charge in [-0.3, -0.25) is 4.79 Å². The van der Waals surface area contributed by atoms with E-state index >= 15 is 0 Å². The van der Waals surface area contributed by atoms with Gasteiger partial charge in [-0.05, 0) is 29.5 Å². The number of nitrogens with two attached hydrogens (primary N) is 1. The van der Waals surface area contributed by atoms with Gasteiger partial charge in [-0.15, -0.1) is 11.3 Å². The predicted octanol–water partition coefficient (Wildman–Crippen LogP) is 3.39. The fourth-order valence-corrected chi connectivity index (χ4v) is 2.99. The average Bonchev–Trinajstić information content (AvgIpc) is 2.96. The number of nitrogens with zero attached hydrogens (tertiary/aromatic N) is 1. The molecule has 0 aliphatic heterocycles. The second-order valence-corrected chi connectivity index (χ2v) is 5.66. The summed E-state index contributed by atoms with van der Waals surface area (Å²) in [7, 11) is 1.58. The van der Waals surface area contributed by atoms with Gasteiger partial charge in [-0.2, -0.15) is 0 Å². The van der Waals surface area contributed by atoms with Crippen molar-refractivity contribution in [2.75, 3.05) is 19.4 Å². The first-order valence-electron chi connectivity index (χ1n) is 6.91. The highest BCUT2D eigenvalue weighted by molar-refractivity contribution is 7.12. The third kappa shape index (κ3) is 3.55. The number of benzene rings is 1. The second kappa shape index (κ2) is 7.13. The summed E-state index contributed by atoms with van der Waals surface area (Å²) in [5.74, 6) is 0.624. The Labute approximate surface area is 129 Å². The molecule has 2 aromatic rings. The van der Waals surface area contributed by atoms with Gasteiger partial charge in [0.2, 0.25) is 0 Å². The Bertz CT molecular complexity index is 610. The number of thiophene rings is 1. The van der Waals surface area contributed by atoms with Gasteiger partial charge in [0.05, 0.1) is 7.11 Å². The minimum absolute atomic E-state index is 0.00745. The van der Waals surface area contributed by atoms with E-state index in [0.29, 0.717) is 29.4 Å². The van der Waals surface area contributed by atoms with Crippen molar-refractivity contribution >= 4 is 22.9 Å². The van der Waals surface area contributed by atoms with Gasteiger partial charge < -0.3 is 15.4 Å². The molecule has 2 rings (SSSR count). The number of hydrogen-bond acceptors (Lipinski definition) is 4. The number of carbonyl (C=O) groups is 1. The zero-order valence-electron chi connectivity index (χ0n) is 12.3. The van der Waals surface area contributed by atoms with Crippen molar-refractivity contribution in [2.45, 2.75) is 19.9 Å². The zero-order valence-corrected chi connectivity index (χ0v) is 13.2. The highest BCUT2D eigenvalue weighted by Crippen LogP contribution is 2.27. The Morgan fingerprint density at radius 1 is 1.33 bits per heavy atom. The van der Waals surface area contributed by atoms with Crippen LogP contribution < -0.4 is 10.5 Å². The van der Waals surface area contributed by atoms with E-state index < -0.39 is 0 Å². The van der Waals surface area contributed by atoms with E-state index in [1.54, 1.807) is 7.11 Å². The highest BCUT2D eigenvalue weighted by atomic mass is 32.1. The molecule has 0 saturated carbocycles. The SMILES string of the molecule is CCCN(Cc1ccccc1N)C(=O)c1sccc1OC. The fourth-order valence-electron chi connectivity index (χ4n) is 2.16. The van der Waals surface area contributed by atoms with Crippen LogP contribution in [-0.4, -0.2) is 24.5 Å². The van der Waals surface area contributed by atoms with E-state index in [-0.39, 0.29) is 5.91 Å². The van der Waals surface area contributed by atoms with E-state index in [1.165, 1.54) is 11.3 Å². The fraction of sp³-hybridized carbons (Fsp3) is 0.312. The van der Waals surface area contributed by atoms with E-state index in [2.05, 4.69) is 6.92 Å². The molecule has 5 heteroatoms. The van der Waals surface area contributed by atoms with Crippen LogP contribution in [0.25, 0.3) is 0 Å². The lowest BCUT2D eigenvalue weighted by molar-refractivity contribution is 0.0745. The third-order valence-electron chi connectivity index (χ3n) is 3.24. The summed E-state index contributed by atoms with van der Waals surface area (Å²) >= 11 is 1.40. The number of para-hydroxylation sites is 1. The lowest BCUT2D eigenvalue weighted by atomic mass is 10.1. The van der Waals surface area contributed by atoms with Crippen LogP contribution in [0.15, 0.2) is 35.7 Å². The van der Waals surface area contributed by atoms with Crippen molar-refractivity contribution in [3.8, 4) is 5.75 Å². The minimum Gasteiger partial charge on any atom is -0.495 e. The second-order valence-electron chi connectivity index (χ2n) is 4.74. The summed E-state index contributed by atoms with van der Waals surface area (Å²) in [5.41, 5.74) is 7.66. The number of methoxy groups -OCH3 is 1.